The Morgan fingerprint density at radius 3 is 2.43 bits per heavy atom. The van der Waals surface area contributed by atoms with Gasteiger partial charge in [-0.15, -0.1) is 0 Å². The molecule has 80 valence electrons. The zero-order chi connectivity index (χ0) is 11.0. The van der Waals surface area contributed by atoms with Crippen molar-refractivity contribution in [3.63, 3.8) is 0 Å². The Morgan fingerprint density at radius 2 is 1.93 bits per heavy atom. The number of rotatable bonds is 5. The number of hydrogen-bond donors (Lipinski definition) is 0. The van der Waals surface area contributed by atoms with Gasteiger partial charge < -0.3 is 4.74 Å². The van der Waals surface area contributed by atoms with Crippen LogP contribution in [0.15, 0.2) is 23.5 Å². The van der Waals surface area contributed by atoms with E-state index in [0.29, 0.717) is 6.42 Å². The monoisotopic (exact) mass is 196 g/mol. The number of carbonyl (C=O) groups excluding carboxylic acids is 1. The zero-order valence-corrected chi connectivity index (χ0v) is 9.59. The molecule has 0 amide bonds. The average Bonchev–Trinajstić information content (AvgIpc) is 2.13. The molecule has 0 bridgehead atoms. The second-order valence-corrected chi connectivity index (χ2v) is 3.63. The van der Waals surface area contributed by atoms with Crippen LogP contribution in [-0.2, 0) is 9.53 Å². The Kier molecular flexibility index (Phi) is 6.81. The van der Waals surface area contributed by atoms with Gasteiger partial charge in [-0.25, -0.2) is 0 Å². The number of hydrogen-bond acceptors (Lipinski definition) is 2. The van der Waals surface area contributed by atoms with Crippen molar-refractivity contribution in [1.29, 1.82) is 0 Å². The van der Waals surface area contributed by atoms with E-state index in [-0.39, 0.29) is 5.97 Å². The van der Waals surface area contributed by atoms with Gasteiger partial charge in [0.1, 0.15) is 0 Å². The van der Waals surface area contributed by atoms with Crippen LogP contribution < -0.4 is 0 Å². The second-order valence-electron chi connectivity index (χ2n) is 3.63. The number of allylic oxidation sites excluding steroid dienone is 3. The van der Waals surface area contributed by atoms with Crippen LogP contribution >= 0.6 is 0 Å². The molecule has 0 radical (unpaired) electrons. The first-order valence-electron chi connectivity index (χ1n) is 5.04. The Labute approximate surface area is 86.6 Å². The Hall–Kier alpha value is -1.05. The first kappa shape index (κ1) is 12.9. The van der Waals surface area contributed by atoms with Crippen molar-refractivity contribution in [1.82, 2.24) is 0 Å². The lowest BCUT2D eigenvalue weighted by Gasteiger charge is -1.99. The normalized spacial score (nSPS) is 11.0. The summed E-state index contributed by atoms with van der Waals surface area (Å²) in [6.07, 6.45) is 6.12. The van der Waals surface area contributed by atoms with Crippen LogP contribution in [0.2, 0.25) is 0 Å². The fourth-order valence-corrected chi connectivity index (χ4v) is 0.897. The van der Waals surface area contributed by atoms with E-state index < -0.39 is 0 Å². The topological polar surface area (TPSA) is 26.3 Å². The van der Waals surface area contributed by atoms with Gasteiger partial charge in [-0.1, -0.05) is 18.6 Å². The first-order valence-corrected chi connectivity index (χ1v) is 5.04. The lowest BCUT2D eigenvalue weighted by Crippen LogP contribution is -1.96. The van der Waals surface area contributed by atoms with E-state index in [9.17, 15) is 4.79 Å². The third-order valence-electron chi connectivity index (χ3n) is 1.77. The van der Waals surface area contributed by atoms with Gasteiger partial charge in [-0.05, 0) is 39.2 Å². The molecule has 0 N–H and O–H groups in total. The molecule has 2 heteroatoms. The molecular weight excluding hydrogens is 176 g/mol. The van der Waals surface area contributed by atoms with E-state index >= 15 is 0 Å². The standard InChI is InChI=1S/C12H20O2/c1-5-12(13)14-9-11(4)8-6-7-10(2)3/h7,9H,5-6,8H2,1-4H3/b11-9+. The molecule has 0 saturated carbocycles. The molecule has 0 aromatic heterocycles. The molecule has 0 heterocycles. The van der Waals surface area contributed by atoms with E-state index in [1.165, 1.54) is 5.57 Å². The summed E-state index contributed by atoms with van der Waals surface area (Å²) in [7, 11) is 0. The molecule has 0 unspecified atom stereocenters. The smallest absolute Gasteiger partial charge is 0.310 e. The van der Waals surface area contributed by atoms with Gasteiger partial charge in [0, 0.05) is 6.42 Å². The maximum atomic E-state index is 10.8. The van der Waals surface area contributed by atoms with Crippen LogP contribution in [-0.4, -0.2) is 5.97 Å². The summed E-state index contributed by atoms with van der Waals surface area (Å²) in [5.41, 5.74) is 2.42. The fraction of sp³-hybridized carbons (Fsp3) is 0.583. The van der Waals surface area contributed by atoms with Gasteiger partial charge in [0.05, 0.1) is 6.26 Å². The predicted octanol–water partition coefficient (Wildman–Crippen LogP) is 3.59. The minimum Gasteiger partial charge on any atom is -0.435 e. The van der Waals surface area contributed by atoms with Crippen LogP contribution in [0.5, 0.6) is 0 Å². The van der Waals surface area contributed by atoms with Crippen LogP contribution in [0.25, 0.3) is 0 Å². The summed E-state index contributed by atoms with van der Waals surface area (Å²) in [6, 6.07) is 0. The number of esters is 1. The molecule has 2 nitrogen and oxygen atoms in total. The van der Waals surface area contributed by atoms with E-state index in [1.807, 2.05) is 6.92 Å². The molecule has 0 saturated heterocycles. The average molecular weight is 196 g/mol. The first-order chi connectivity index (χ1) is 6.56. The van der Waals surface area contributed by atoms with Crippen LogP contribution in [0.4, 0.5) is 0 Å². The SMILES string of the molecule is CCC(=O)O/C=C(\C)CCC=C(C)C. The summed E-state index contributed by atoms with van der Waals surface area (Å²) in [5.74, 6) is -0.174. The molecule has 0 aromatic rings. The maximum Gasteiger partial charge on any atom is 0.310 e. The lowest BCUT2D eigenvalue weighted by atomic mass is 10.1. The van der Waals surface area contributed by atoms with Crippen molar-refractivity contribution in [3.05, 3.63) is 23.5 Å². The van der Waals surface area contributed by atoms with Gasteiger partial charge >= 0.3 is 5.97 Å². The largest absolute Gasteiger partial charge is 0.435 e. The van der Waals surface area contributed by atoms with Crippen LogP contribution in [0, 0.1) is 0 Å². The van der Waals surface area contributed by atoms with E-state index in [4.69, 9.17) is 4.74 Å². The highest BCUT2D eigenvalue weighted by atomic mass is 16.5. The number of ether oxygens (including phenoxy) is 1. The van der Waals surface area contributed by atoms with Gasteiger partial charge in [0.2, 0.25) is 0 Å². The van der Waals surface area contributed by atoms with Gasteiger partial charge in [0.25, 0.3) is 0 Å². The summed E-state index contributed by atoms with van der Waals surface area (Å²) >= 11 is 0. The molecule has 0 spiro atoms. The molecule has 0 rings (SSSR count). The molecule has 0 fully saturated rings. The third kappa shape index (κ3) is 7.59. The quantitative estimate of drug-likeness (QED) is 0.381. The lowest BCUT2D eigenvalue weighted by molar-refractivity contribution is -0.137. The van der Waals surface area contributed by atoms with Gasteiger partial charge in [-0.2, -0.15) is 0 Å². The molecule has 0 aliphatic carbocycles. The Bertz CT molecular complexity index is 233. The van der Waals surface area contributed by atoms with Crippen LogP contribution in [0.3, 0.4) is 0 Å². The summed E-state index contributed by atoms with van der Waals surface area (Å²) in [6.45, 7) is 7.92. The summed E-state index contributed by atoms with van der Waals surface area (Å²) in [5, 5.41) is 0. The third-order valence-corrected chi connectivity index (χ3v) is 1.77. The van der Waals surface area contributed by atoms with Crippen molar-refractivity contribution < 1.29 is 9.53 Å². The molecule has 14 heavy (non-hydrogen) atoms. The van der Waals surface area contributed by atoms with Crippen molar-refractivity contribution in [3.8, 4) is 0 Å². The second kappa shape index (κ2) is 7.36. The summed E-state index contributed by atoms with van der Waals surface area (Å²) in [4.78, 5) is 10.8. The van der Waals surface area contributed by atoms with Gasteiger partial charge in [0.15, 0.2) is 0 Å². The fourth-order valence-electron chi connectivity index (χ4n) is 0.897. The van der Waals surface area contributed by atoms with E-state index in [2.05, 4.69) is 19.9 Å². The predicted molar refractivity (Wildman–Crippen MR) is 58.8 cm³/mol. The van der Waals surface area contributed by atoms with Gasteiger partial charge in [-0.3, -0.25) is 4.79 Å². The Morgan fingerprint density at radius 1 is 1.29 bits per heavy atom. The van der Waals surface area contributed by atoms with E-state index in [0.717, 1.165) is 18.4 Å². The number of carbonyl (C=O) groups is 1. The zero-order valence-electron chi connectivity index (χ0n) is 9.59. The molecule has 0 aromatic carbocycles. The molecule has 0 atom stereocenters. The van der Waals surface area contributed by atoms with Crippen molar-refractivity contribution >= 4 is 5.97 Å². The minimum atomic E-state index is -0.174. The highest BCUT2D eigenvalue weighted by Gasteiger charge is 1.95. The molecule has 0 aliphatic heterocycles. The van der Waals surface area contributed by atoms with Crippen molar-refractivity contribution in [2.45, 2.75) is 47.0 Å². The highest BCUT2D eigenvalue weighted by Crippen LogP contribution is 2.06. The minimum absolute atomic E-state index is 0.174. The van der Waals surface area contributed by atoms with Crippen molar-refractivity contribution in [2.24, 2.45) is 0 Å². The molecular formula is C12H20O2. The molecule has 0 aliphatic rings. The Balaban J connectivity index is 3.78. The van der Waals surface area contributed by atoms with E-state index in [1.54, 1.807) is 13.2 Å². The highest BCUT2D eigenvalue weighted by molar-refractivity contribution is 5.69. The maximum absolute atomic E-state index is 10.8. The summed E-state index contributed by atoms with van der Waals surface area (Å²) < 4.78 is 4.89. The van der Waals surface area contributed by atoms with Crippen molar-refractivity contribution in [2.75, 3.05) is 0 Å². The van der Waals surface area contributed by atoms with Crippen LogP contribution in [0.1, 0.15) is 47.0 Å².